The van der Waals surface area contributed by atoms with Crippen molar-refractivity contribution in [3.05, 3.63) is 277 Å². The molecule has 0 amide bonds. The summed E-state index contributed by atoms with van der Waals surface area (Å²) in [6, 6.07) is 90.9. The van der Waals surface area contributed by atoms with Crippen LogP contribution in [0.5, 0.6) is 0 Å². The Morgan fingerprint density at radius 1 is 0.333 bits per heavy atom. The molecule has 10 aromatic carbocycles. The first-order valence-electron chi connectivity index (χ1n) is 23.7. The van der Waals surface area contributed by atoms with Crippen LogP contribution in [0.15, 0.2) is 243 Å². The first kappa shape index (κ1) is 44.1. The van der Waals surface area contributed by atoms with Crippen LogP contribution in [-0.2, 0) is 0 Å². The van der Waals surface area contributed by atoms with Gasteiger partial charge in [0.15, 0.2) is 0 Å². The molecule has 8 heteroatoms. The molecule has 0 saturated carbocycles. The summed E-state index contributed by atoms with van der Waals surface area (Å²) in [6.07, 6.45) is 0. The molecular formula is C64H40Ge2N6. The van der Waals surface area contributed by atoms with Gasteiger partial charge in [-0.25, -0.2) is 0 Å². The first-order valence-corrected chi connectivity index (χ1v) is 32.1. The van der Waals surface area contributed by atoms with Crippen molar-refractivity contribution < 1.29 is 0 Å². The number of anilines is 6. The molecule has 2 aliphatic heterocycles. The van der Waals surface area contributed by atoms with Crippen molar-refractivity contribution in [2.75, 3.05) is 9.80 Å². The predicted molar refractivity (Wildman–Crippen MR) is 298 cm³/mol. The van der Waals surface area contributed by atoms with Crippen molar-refractivity contribution in [2.45, 2.75) is 0 Å². The van der Waals surface area contributed by atoms with Crippen LogP contribution in [0.25, 0.3) is 20.8 Å². The summed E-state index contributed by atoms with van der Waals surface area (Å²) in [5.74, 6) is 0. The third-order valence-electron chi connectivity index (χ3n) is 14.4. The van der Waals surface area contributed by atoms with Crippen LogP contribution in [0, 0.1) is 35.8 Å². The van der Waals surface area contributed by atoms with Crippen molar-refractivity contribution in [1.29, 1.82) is 10.5 Å². The molecule has 12 rings (SSSR count). The number of nitrogens with zero attached hydrogens (tertiary/aromatic N) is 6. The van der Waals surface area contributed by atoms with Crippen LogP contribution >= 0.6 is 0 Å². The zero-order chi connectivity index (χ0) is 48.8. The normalized spacial score (nSPS) is 13.4. The quantitative estimate of drug-likeness (QED) is 0.118. The molecule has 0 saturated heterocycles. The zero-order valence-electron chi connectivity index (χ0n) is 38.8. The van der Waals surface area contributed by atoms with E-state index in [2.05, 4.69) is 238 Å². The van der Waals surface area contributed by atoms with Gasteiger partial charge in [0.2, 0.25) is 0 Å². The van der Waals surface area contributed by atoms with Crippen LogP contribution in [0.1, 0.15) is 11.1 Å². The Bertz CT molecular complexity index is 3540. The number of benzene rings is 10. The zero-order valence-corrected chi connectivity index (χ0v) is 43.0. The number of para-hydroxylation sites is 2. The van der Waals surface area contributed by atoms with Crippen molar-refractivity contribution in [1.82, 2.24) is 0 Å². The predicted octanol–water partition coefficient (Wildman–Crippen LogP) is 10.5. The molecule has 0 unspecified atom stereocenters. The van der Waals surface area contributed by atoms with E-state index in [0.29, 0.717) is 22.5 Å². The van der Waals surface area contributed by atoms with Gasteiger partial charge in [-0.2, -0.15) is 0 Å². The maximum absolute atomic E-state index is 10.3. The summed E-state index contributed by atoms with van der Waals surface area (Å²) in [4.78, 5) is 12.2. The van der Waals surface area contributed by atoms with E-state index in [1.54, 1.807) is 12.1 Å². The van der Waals surface area contributed by atoms with Crippen molar-refractivity contribution in [3.63, 3.8) is 0 Å². The van der Waals surface area contributed by atoms with E-state index >= 15 is 0 Å². The number of hydrogen-bond acceptors (Lipinski definition) is 4. The SMILES string of the molecule is [C-]#[N+]c1cc(C#N)cc(N2c3cccc[c]3[Ge]([c]3ccccc3)([c]3ccccc3)[c]3cc(-c4ccc5[c](c4)[Ge]([c]4ccccc4)([c]4ccccc4)[c]4ccccc4N5c4cc(C#N)cc([N+]#[C-])c4)ccc32)c1. The van der Waals surface area contributed by atoms with Gasteiger partial charge < -0.3 is 0 Å². The monoisotopic (exact) mass is 1040 g/mol. The fraction of sp³-hybridized carbons (Fsp3) is 0. The number of rotatable bonds is 7. The molecule has 0 fully saturated rings. The molecule has 6 nitrogen and oxygen atoms in total. The van der Waals surface area contributed by atoms with E-state index in [4.69, 9.17) is 13.1 Å². The Morgan fingerprint density at radius 3 is 0.986 bits per heavy atom. The number of hydrogen-bond donors (Lipinski definition) is 0. The van der Waals surface area contributed by atoms with Crippen LogP contribution in [0.4, 0.5) is 45.5 Å². The second kappa shape index (κ2) is 18.0. The van der Waals surface area contributed by atoms with Crippen LogP contribution in [0.3, 0.4) is 0 Å². The molecule has 72 heavy (non-hydrogen) atoms. The summed E-state index contributed by atoms with van der Waals surface area (Å²) < 4.78 is 10.1. The van der Waals surface area contributed by atoms with Gasteiger partial charge in [0.1, 0.15) is 0 Å². The van der Waals surface area contributed by atoms with Crippen molar-refractivity contribution in [3.8, 4) is 23.3 Å². The van der Waals surface area contributed by atoms with Crippen LogP contribution < -0.4 is 45.0 Å². The average Bonchev–Trinajstić information content (AvgIpc) is 3.46. The molecule has 0 bridgehead atoms. The molecular weight excluding hydrogens is 998 g/mol. The second-order valence-corrected chi connectivity index (χ2v) is 33.7. The molecule has 0 atom stereocenters. The van der Waals surface area contributed by atoms with E-state index in [9.17, 15) is 10.5 Å². The Kier molecular flexibility index (Phi) is 11.0. The van der Waals surface area contributed by atoms with Gasteiger partial charge in [0, 0.05) is 0 Å². The molecule has 0 spiro atoms. The molecule has 0 radical (unpaired) electrons. The second-order valence-electron chi connectivity index (χ2n) is 18.1. The van der Waals surface area contributed by atoms with Gasteiger partial charge in [-0.1, -0.05) is 0 Å². The van der Waals surface area contributed by atoms with Crippen LogP contribution in [0.2, 0.25) is 0 Å². The van der Waals surface area contributed by atoms with E-state index in [-0.39, 0.29) is 0 Å². The third-order valence-corrected chi connectivity index (χ3v) is 34.7. The van der Waals surface area contributed by atoms with E-state index in [1.807, 2.05) is 24.3 Å². The molecule has 0 aliphatic carbocycles. The summed E-state index contributed by atoms with van der Waals surface area (Å²) in [5, 5.41) is 20.6. The molecule has 0 N–H and O–H groups in total. The Balaban J connectivity index is 1.19. The van der Waals surface area contributed by atoms with Gasteiger partial charge >= 0.3 is 427 Å². The van der Waals surface area contributed by atoms with E-state index in [1.165, 1.54) is 35.2 Å². The molecule has 10 aromatic rings. The molecule has 2 aliphatic rings. The topological polar surface area (TPSA) is 62.8 Å². The van der Waals surface area contributed by atoms with E-state index in [0.717, 1.165) is 45.3 Å². The van der Waals surface area contributed by atoms with Crippen molar-refractivity contribution in [2.24, 2.45) is 0 Å². The number of nitriles is 2. The van der Waals surface area contributed by atoms with Gasteiger partial charge in [-0.05, 0) is 0 Å². The summed E-state index contributed by atoms with van der Waals surface area (Å²) >= 11 is -7.96. The standard InChI is InChI=1S/C64H40Ge2N6/c1-69-53-35-45(43-67)37-55(41-53)71-61-29-17-15-27-57(61)65(49-19-7-3-8-20-49,50-21-9-4-10-22-50)59-39-47(31-33-63(59)71)48-32-34-64-60(40-48)66(51-23-11-5-12-24-51,52-25-13-6-14-26-52)58-28-16-18-30-62(58)72(64)56-38-46(44-68)36-54(42-56)70-2/h3-42H. The molecule has 2 heterocycles. The minimum atomic E-state index is -3.98. The van der Waals surface area contributed by atoms with E-state index < -0.39 is 26.5 Å². The first-order chi connectivity index (χ1) is 35.5. The third kappa shape index (κ3) is 6.81. The minimum absolute atomic E-state index is 0.407. The van der Waals surface area contributed by atoms with Gasteiger partial charge in [0.25, 0.3) is 0 Å². The summed E-state index contributed by atoms with van der Waals surface area (Å²) in [7, 11) is 0. The van der Waals surface area contributed by atoms with Gasteiger partial charge in [-0.15, -0.1) is 0 Å². The number of fused-ring (bicyclic) bond motifs is 4. The molecule has 0 aromatic heterocycles. The maximum atomic E-state index is 10.3. The summed E-state index contributed by atoms with van der Waals surface area (Å²) in [5.41, 5.74) is 9.43. The summed E-state index contributed by atoms with van der Waals surface area (Å²) in [6.45, 7) is 16.1. The average molecular weight is 1040 g/mol. The van der Waals surface area contributed by atoms with Gasteiger partial charge in [-0.3, -0.25) is 0 Å². The Hall–Kier alpha value is -9.15. The van der Waals surface area contributed by atoms with Crippen LogP contribution in [-0.4, -0.2) is 26.5 Å². The molecule has 334 valence electrons. The fourth-order valence-corrected chi connectivity index (χ4v) is 33.1. The Labute approximate surface area is 424 Å². The Morgan fingerprint density at radius 2 is 0.653 bits per heavy atom. The fourth-order valence-electron chi connectivity index (χ4n) is 11.5. The van der Waals surface area contributed by atoms with Gasteiger partial charge in [0.05, 0.1) is 0 Å². The van der Waals surface area contributed by atoms with Crippen molar-refractivity contribution >= 4 is 107 Å².